The number of nitrogens with zero attached hydrogens (tertiary/aromatic N) is 1. The molecule has 1 aromatic carbocycles. The number of methoxy groups -OCH3 is 1. The fourth-order valence-electron chi connectivity index (χ4n) is 2.33. The molecule has 0 spiro atoms. The van der Waals surface area contributed by atoms with E-state index in [4.69, 9.17) is 15.4 Å². The minimum Gasteiger partial charge on any atom is -0.380 e. The Balaban J connectivity index is 2.34. The maximum Gasteiger partial charge on any atom is 0.261 e. The van der Waals surface area contributed by atoms with Crippen molar-refractivity contribution in [2.45, 2.75) is 36.8 Å². The van der Waals surface area contributed by atoms with E-state index in [0.29, 0.717) is 11.1 Å². The SMILES string of the molecule is COCc1ccc(C(=O)N(C)C2CCC2)cc1S(=O)(=O)Cl. The molecule has 21 heavy (non-hydrogen) atoms. The summed E-state index contributed by atoms with van der Waals surface area (Å²) in [6.07, 6.45) is 3.10. The van der Waals surface area contributed by atoms with Gasteiger partial charge >= 0.3 is 0 Å². The number of carbonyl (C=O) groups excluding carboxylic acids is 1. The summed E-state index contributed by atoms with van der Waals surface area (Å²) in [5.41, 5.74) is 0.763. The van der Waals surface area contributed by atoms with Crippen LogP contribution in [0.15, 0.2) is 23.1 Å². The van der Waals surface area contributed by atoms with Gasteiger partial charge in [0.25, 0.3) is 15.0 Å². The third kappa shape index (κ3) is 3.56. The monoisotopic (exact) mass is 331 g/mol. The molecule has 1 fully saturated rings. The van der Waals surface area contributed by atoms with E-state index in [2.05, 4.69) is 0 Å². The van der Waals surface area contributed by atoms with Crippen LogP contribution >= 0.6 is 10.7 Å². The van der Waals surface area contributed by atoms with Crippen LogP contribution in [0, 0.1) is 0 Å². The first-order valence-corrected chi connectivity index (χ1v) is 8.99. The van der Waals surface area contributed by atoms with Crippen molar-refractivity contribution in [2.24, 2.45) is 0 Å². The highest BCUT2D eigenvalue weighted by Gasteiger charge is 2.27. The highest BCUT2D eigenvalue weighted by molar-refractivity contribution is 8.13. The Hall–Kier alpha value is -1.11. The van der Waals surface area contributed by atoms with Gasteiger partial charge in [0.2, 0.25) is 0 Å². The second-order valence-corrected chi connectivity index (χ2v) is 7.73. The molecule has 0 heterocycles. The maximum atomic E-state index is 12.4. The van der Waals surface area contributed by atoms with E-state index in [1.807, 2.05) is 0 Å². The van der Waals surface area contributed by atoms with Gasteiger partial charge in [-0.2, -0.15) is 0 Å². The Labute approximate surface area is 129 Å². The van der Waals surface area contributed by atoms with E-state index in [1.165, 1.54) is 13.2 Å². The van der Waals surface area contributed by atoms with E-state index in [-0.39, 0.29) is 23.5 Å². The summed E-state index contributed by atoms with van der Waals surface area (Å²) in [5.74, 6) is -0.190. The van der Waals surface area contributed by atoms with Crippen LogP contribution in [0.3, 0.4) is 0 Å². The van der Waals surface area contributed by atoms with Gasteiger partial charge in [-0.3, -0.25) is 4.79 Å². The number of hydrogen-bond donors (Lipinski definition) is 0. The lowest BCUT2D eigenvalue weighted by Gasteiger charge is -2.34. The van der Waals surface area contributed by atoms with Gasteiger partial charge in [-0.15, -0.1) is 0 Å². The van der Waals surface area contributed by atoms with Crippen molar-refractivity contribution in [2.75, 3.05) is 14.2 Å². The highest BCUT2D eigenvalue weighted by Crippen LogP contribution is 2.27. The zero-order valence-electron chi connectivity index (χ0n) is 12.0. The number of benzene rings is 1. The van der Waals surface area contributed by atoms with Gasteiger partial charge in [-0.1, -0.05) is 6.07 Å². The van der Waals surface area contributed by atoms with Crippen molar-refractivity contribution >= 4 is 25.6 Å². The first kappa shape index (κ1) is 16.3. The normalized spacial score (nSPS) is 15.6. The Morgan fingerprint density at radius 2 is 2.10 bits per heavy atom. The Bertz CT molecular complexity index is 640. The molecule has 0 aromatic heterocycles. The molecule has 116 valence electrons. The average molecular weight is 332 g/mol. The summed E-state index contributed by atoms with van der Waals surface area (Å²) in [6.45, 7) is 0.119. The number of ether oxygens (including phenoxy) is 1. The van der Waals surface area contributed by atoms with Gasteiger partial charge in [0.1, 0.15) is 0 Å². The highest BCUT2D eigenvalue weighted by atomic mass is 35.7. The van der Waals surface area contributed by atoms with Crippen molar-refractivity contribution < 1.29 is 17.9 Å². The zero-order valence-corrected chi connectivity index (χ0v) is 13.6. The zero-order chi connectivity index (χ0) is 15.6. The van der Waals surface area contributed by atoms with E-state index in [1.54, 1.807) is 24.1 Å². The number of halogens is 1. The van der Waals surface area contributed by atoms with Crippen LogP contribution in [0.4, 0.5) is 0 Å². The molecule has 5 nitrogen and oxygen atoms in total. The fourth-order valence-corrected chi connectivity index (χ4v) is 3.47. The van der Waals surface area contributed by atoms with Crippen molar-refractivity contribution in [1.82, 2.24) is 4.90 Å². The first-order chi connectivity index (χ1) is 9.84. The number of hydrogen-bond acceptors (Lipinski definition) is 4. The Kier molecular flexibility index (Phi) is 4.91. The van der Waals surface area contributed by atoms with Gasteiger partial charge in [-0.05, 0) is 37.0 Å². The molecule has 0 aliphatic heterocycles. The Morgan fingerprint density at radius 3 is 2.57 bits per heavy atom. The third-order valence-corrected chi connectivity index (χ3v) is 5.22. The van der Waals surface area contributed by atoms with Crippen LogP contribution in [-0.2, 0) is 20.4 Å². The lowest BCUT2D eigenvalue weighted by molar-refractivity contribution is 0.0651. The molecule has 2 rings (SSSR count). The second-order valence-electron chi connectivity index (χ2n) is 5.19. The number of rotatable bonds is 5. The molecule has 0 bridgehead atoms. The molecule has 1 amide bonds. The van der Waals surface area contributed by atoms with Crippen LogP contribution < -0.4 is 0 Å². The maximum absolute atomic E-state index is 12.4. The summed E-state index contributed by atoms with van der Waals surface area (Å²) in [4.78, 5) is 14.0. The molecule has 0 unspecified atom stereocenters. The van der Waals surface area contributed by atoms with Crippen LogP contribution in [0.5, 0.6) is 0 Å². The summed E-state index contributed by atoms with van der Waals surface area (Å²) < 4.78 is 28.3. The summed E-state index contributed by atoms with van der Waals surface area (Å²) in [5, 5.41) is 0. The molecule has 1 aliphatic rings. The minimum absolute atomic E-state index is 0.0705. The third-order valence-electron chi connectivity index (χ3n) is 3.82. The van der Waals surface area contributed by atoms with Gasteiger partial charge in [0.15, 0.2) is 0 Å². The smallest absolute Gasteiger partial charge is 0.261 e. The van der Waals surface area contributed by atoms with E-state index < -0.39 is 9.05 Å². The minimum atomic E-state index is -3.93. The molecule has 0 atom stereocenters. The molecular weight excluding hydrogens is 314 g/mol. The molecule has 0 radical (unpaired) electrons. The first-order valence-electron chi connectivity index (χ1n) is 6.68. The summed E-state index contributed by atoms with van der Waals surface area (Å²) >= 11 is 0. The van der Waals surface area contributed by atoms with Crippen LogP contribution in [0.1, 0.15) is 35.2 Å². The number of carbonyl (C=O) groups is 1. The van der Waals surface area contributed by atoms with E-state index in [0.717, 1.165) is 19.3 Å². The van der Waals surface area contributed by atoms with Crippen molar-refractivity contribution in [1.29, 1.82) is 0 Å². The quantitative estimate of drug-likeness (QED) is 0.777. The Morgan fingerprint density at radius 1 is 1.43 bits per heavy atom. The van der Waals surface area contributed by atoms with Crippen LogP contribution in [0.25, 0.3) is 0 Å². The predicted molar refractivity (Wildman–Crippen MR) is 79.9 cm³/mol. The van der Waals surface area contributed by atoms with Gasteiger partial charge in [-0.25, -0.2) is 8.42 Å². The molecule has 7 heteroatoms. The lowest BCUT2D eigenvalue weighted by Crippen LogP contribution is -2.41. The van der Waals surface area contributed by atoms with E-state index in [9.17, 15) is 13.2 Å². The van der Waals surface area contributed by atoms with E-state index >= 15 is 0 Å². The topological polar surface area (TPSA) is 63.7 Å². The fraction of sp³-hybridized carbons (Fsp3) is 0.500. The van der Waals surface area contributed by atoms with Crippen molar-refractivity contribution in [3.05, 3.63) is 29.3 Å². The molecule has 1 aromatic rings. The second kappa shape index (κ2) is 6.34. The summed E-state index contributed by atoms with van der Waals surface area (Å²) in [6, 6.07) is 4.75. The number of amides is 1. The predicted octanol–water partition coefficient (Wildman–Crippen LogP) is 2.39. The summed E-state index contributed by atoms with van der Waals surface area (Å²) in [7, 11) is 4.73. The van der Waals surface area contributed by atoms with Crippen LogP contribution in [-0.4, -0.2) is 39.4 Å². The molecule has 0 N–H and O–H groups in total. The molecule has 1 aliphatic carbocycles. The van der Waals surface area contributed by atoms with Gasteiger partial charge in [0, 0.05) is 36.4 Å². The molecule has 1 saturated carbocycles. The average Bonchev–Trinajstić information content (AvgIpc) is 2.35. The molecular formula is C14H18ClNO4S. The van der Waals surface area contributed by atoms with Gasteiger partial charge < -0.3 is 9.64 Å². The lowest BCUT2D eigenvalue weighted by atomic mass is 9.91. The molecule has 0 saturated heterocycles. The van der Waals surface area contributed by atoms with Gasteiger partial charge in [0.05, 0.1) is 11.5 Å². The standard InChI is InChI=1S/C14H18ClNO4S/c1-16(12-4-3-5-12)14(17)10-6-7-11(9-20-2)13(8-10)21(15,18)19/h6-8,12H,3-5,9H2,1-2H3. The van der Waals surface area contributed by atoms with Crippen molar-refractivity contribution in [3.63, 3.8) is 0 Å². The van der Waals surface area contributed by atoms with Crippen molar-refractivity contribution in [3.8, 4) is 0 Å². The van der Waals surface area contributed by atoms with Crippen LogP contribution in [0.2, 0.25) is 0 Å². The largest absolute Gasteiger partial charge is 0.380 e.